The lowest BCUT2D eigenvalue weighted by Gasteiger charge is -2.20. The van der Waals surface area contributed by atoms with Crippen LogP contribution in [0.15, 0.2) is 12.1 Å². The summed E-state index contributed by atoms with van der Waals surface area (Å²) in [6, 6.07) is 3.66. The smallest absolute Gasteiger partial charge is 0.223 e. The summed E-state index contributed by atoms with van der Waals surface area (Å²) in [5, 5.41) is 0. The highest BCUT2D eigenvalue weighted by atomic mass is 16.5. The van der Waals surface area contributed by atoms with Gasteiger partial charge < -0.3 is 15.4 Å². The van der Waals surface area contributed by atoms with Crippen LogP contribution in [0, 0.1) is 13.8 Å². The Morgan fingerprint density at radius 3 is 2.50 bits per heavy atom. The molecule has 0 heterocycles. The molecule has 0 aliphatic rings. The van der Waals surface area contributed by atoms with Gasteiger partial charge in [0, 0.05) is 32.1 Å². The van der Waals surface area contributed by atoms with E-state index in [0.29, 0.717) is 0 Å². The largest absolute Gasteiger partial charge is 0.496 e. The minimum Gasteiger partial charge on any atom is -0.496 e. The van der Waals surface area contributed by atoms with Crippen molar-refractivity contribution in [2.45, 2.75) is 26.3 Å². The van der Waals surface area contributed by atoms with E-state index >= 15 is 0 Å². The lowest BCUT2D eigenvalue weighted by molar-refractivity contribution is -0.129. The van der Waals surface area contributed by atoms with Crippen molar-refractivity contribution in [3.8, 4) is 5.75 Å². The van der Waals surface area contributed by atoms with Crippen LogP contribution in [0.5, 0.6) is 5.75 Å². The molecule has 4 heteroatoms. The molecular formula is C14H22N2O2. The standard InChI is InChI=1S/C14H22N2O2/c1-9-6-10(2)14(12(7-9)18-5)11(15)8-13(17)16(3)4/h6-7,11H,8,15H2,1-5H3. The van der Waals surface area contributed by atoms with Gasteiger partial charge in [0.05, 0.1) is 7.11 Å². The molecule has 100 valence electrons. The van der Waals surface area contributed by atoms with Crippen LogP contribution in [-0.2, 0) is 4.79 Å². The summed E-state index contributed by atoms with van der Waals surface area (Å²) in [7, 11) is 5.08. The van der Waals surface area contributed by atoms with Gasteiger partial charge in [-0.05, 0) is 31.0 Å². The zero-order chi connectivity index (χ0) is 13.9. The van der Waals surface area contributed by atoms with Crippen LogP contribution in [0.2, 0.25) is 0 Å². The number of rotatable bonds is 4. The van der Waals surface area contributed by atoms with Gasteiger partial charge in [-0.15, -0.1) is 0 Å². The minimum atomic E-state index is -0.338. The molecule has 0 fully saturated rings. The second-order valence-electron chi connectivity index (χ2n) is 4.80. The summed E-state index contributed by atoms with van der Waals surface area (Å²) in [4.78, 5) is 13.3. The summed E-state index contributed by atoms with van der Waals surface area (Å²) in [6.07, 6.45) is 0.285. The monoisotopic (exact) mass is 250 g/mol. The maximum Gasteiger partial charge on any atom is 0.223 e. The highest BCUT2D eigenvalue weighted by molar-refractivity contribution is 5.76. The average Bonchev–Trinajstić information content (AvgIpc) is 2.27. The van der Waals surface area contributed by atoms with Gasteiger partial charge in [0.1, 0.15) is 5.75 Å². The average molecular weight is 250 g/mol. The third-order valence-corrected chi connectivity index (χ3v) is 2.98. The molecule has 1 aromatic rings. The molecule has 1 aromatic carbocycles. The normalized spacial score (nSPS) is 12.1. The molecule has 0 saturated heterocycles. The highest BCUT2D eigenvalue weighted by Crippen LogP contribution is 2.30. The molecule has 2 N–H and O–H groups in total. The Kier molecular flexibility index (Phi) is 4.73. The maximum atomic E-state index is 11.7. The first kappa shape index (κ1) is 14.5. The van der Waals surface area contributed by atoms with Gasteiger partial charge in [-0.3, -0.25) is 4.79 Å². The van der Waals surface area contributed by atoms with Crippen molar-refractivity contribution in [2.24, 2.45) is 5.73 Å². The summed E-state index contributed by atoms with van der Waals surface area (Å²) in [5.74, 6) is 0.774. The first-order valence-electron chi connectivity index (χ1n) is 5.97. The van der Waals surface area contributed by atoms with Gasteiger partial charge in [-0.1, -0.05) is 6.07 Å². The Hall–Kier alpha value is -1.55. The number of carbonyl (C=O) groups is 1. The topological polar surface area (TPSA) is 55.6 Å². The van der Waals surface area contributed by atoms with Crippen molar-refractivity contribution in [3.63, 3.8) is 0 Å². The molecular weight excluding hydrogens is 228 g/mol. The molecule has 4 nitrogen and oxygen atoms in total. The number of nitrogens with two attached hydrogens (primary N) is 1. The van der Waals surface area contributed by atoms with Crippen LogP contribution in [0.25, 0.3) is 0 Å². The fraction of sp³-hybridized carbons (Fsp3) is 0.500. The van der Waals surface area contributed by atoms with Crippen LogP contribution in [0.4, 0.5) is 0 Å². The van der Waals surface area contributed by atoms with E-state index in [1.165, 1.54) is 0 Å². The Bertz CT molecular complexity index is 442. The number of carbonyl (C=O) groups excluding carboxylic acids is 1. The van der Waals surface area contributed by atoms with Crippen LogP contribution >= 0.6 is 0 Å². The summed E-state index contributed by atoms with van der Waals surface area (Å²) < 4.78 is 5.37. The minimum absolute atomic E-state index is 0.0181. The molecule has 18 heavy (non-hydrogen) atoms. The number of nitrogens with zero attached hydrogens (tertiary/aromatic N) is 1. The lowest BCUT2D eigenvalue weighted by atomic mass is 9.96. The van der Waals surface area contributed by atoms with E-state index in [0.717, 1.165) is 22.4 Å². The van der Waals surface area contributed by atoms with Gasteiger partial charge in [-0.2, -0.15) is 0 Å². The lowest BCUT2D eigenvalue weighted by Crippen LogP contribution is -2.27. The van der Waals surface area contributed by atoms with Crippen LogP contribution in [-0.4, -0.2) is 32.0 Å². The first-order chi connectivity index (χ1) is 8.36. The van der Waals surface area contributed by atoms with Crippen molar-refractivity contribution in [1.82, 2.24) is 4.90 Å². The summed E-state index contributed by atoms with van der Waals surface area (Å²) >= 11 is 0. The molecule has 0 aliphatic carbocycles. The van der Waals surface area contributed by atoms with Crippen LogP contribution in [0.3, 0.4) is 0 Å². The van der Waals surface area contributed by atoms with E-state index < -0.39 is 0 Å². The van der Waals surface area contributed by atoms with Gasteiger partial charge in [-0.25, -0.2) is 0 Å². The number of methoxy groups -OCH3 is 1. The molecule has 0 spiro atoms. The first-order valence-corrected chi connectivity index (χ1v) is 5.97. The number of ether oxygens (including phenoxy) is 1. The summed E-state index contributed by atoms with van der Waals surface area (Å²) in [6.45, 7) is 4.00. The predicted molar refractivity (Wildman–Crippen MR) is 72.7 cm³/mol. The summed E-state index contributed by atoms with van der Waals surface area (Å²) in [5.41, 5.74) is 9.23. The van der Waals surface area contributed by atoms with Crippen LogP contribution < -0.4 is 10.5 Å². The van der Waals surface area contributed by atoms with E-state index in [4.69, 9.17) is 10.5 Å². The molecule has 1 rings (SSSR count). The SMILES string of the molecule is COc1cc(C)cc(C)c1C(N)CC(=O)N(C)C. The second kappa shape index (κ2) is 5.87. The molecule has 1 unspecified atom stereocenters. The Morgan fingerprint density at radius 2 is 2.00 bits per heavy atom. The molecule has 1 amide bonds. The molecule has 0 bridgehead atoms. The Balaban J connectivity index is 3.05. The van der Waals surface area contributed by atoms with E-state index in [1.807, 2.05) is 19.9 Å². The fourth-order valence-electron chi connectivity index (χ4n) is 2.06. The number of amides is 1. The van der Waals surface area contributed by atoms with Crippen molar-refractivity contribution >= 4 is 5.91 Å². The zero-order valence-electron chi connectivity index (χ0n) is 11.8. The van der Waals surface area contributed by atoms with Gasteiger partial charge in [0.15, 0.2) is 0 Å². The van der Waals surface area contributed by atoms with E-state index in [9.17, 15) is 4.79 Å². The molecule has 0 aliphatic heterocycles. The number of hydrogen-bond acceptors (Lipinski definition) is 3. The van der Waals surface area contributed by atoms with Gasteiger partial charge >= 0.3 is 0 Å². The molecule has 1 atom stereocenters. The number of aryl methyl sites for hydroxylation is 2. The van der Waals surface area contributed by atoms with Gasteiger partial charge in [0.25, 0.3) is 0 Å². The zero-order valence-corrected chi connectivity index (χ0v) is 11.8. The predicted octanol–water partition coefficient (Wildman–Crippen LogP) is 1.79. The van der Waals surface area contributed by atoms with Crippen LogP contribution in [0.1, 0.15) is 29.2 Å². The maximum absolute atomic E-state index is 11.7. The third-order valence-electron chi connectivity index (χ3n) is 2.98. The van der Waals surface area contributed by atoms with Gasteiger partial charge in [0.2, 0.25) is 5.91 Å². The van der Waals surface area contributed by atoms with Crippen molar-refractivity contribution < 1.29 is 9.53 Å². The van der Waals surface area contributed by atoms with E-state index in [1.54, 1.807) is 26.1 Å². The van der Waals surface area contributed by atoms with Crippen molar-refractivity contribution in [3.05, 3.63) is 28.8 Å². The van der Waals surface area contributed by atoms with Crippen molar-refractivity contribution in [2.75, 3.05) is 21.2 Å². The second-order valence-corrected chi connectivity index (χ2v) is 4.80. The molecule has 0 aromatic heterocycles. The van der Waals surface area contributed by atoms with E-state index in [-0.39, 0.29) is 18.4 Å². The van der Waals surface area contributed by atoms with Crippen molar-refractivity contribution in [1.29, 1.82) is 0 Å². The highest BCUT2D eigenvalue weighted by Gasteiger charge is 2.19. The third kappa shape index (κ3) is 3.23. The number of benzene rings is 1. The molecule has 0 radical (unpaired) electrons. The quantitative estimate of drug-likeness (QED) is 0.886. The molecule has 0 saturated carbocycles. The van der Waals surface area contributed by atoms with E-state index in [2.05, 4.69) is 6.07 Å². The Labute approximate surface area is 109 Å². The number of hydrogen-bond donors (Lipinski definition) is 1. The Morgan fingerprint density at radius 1 is 1.39 bits per heavy atom. The fourth-order valence-corrected chi connectivity index (χ4v) is 2.06.